The fraction of sp³-hybridized carbons (Fsp3) is 1.00. The maximum atomic E-state index is 10.1. The Labute approximate surface area is 129 Å². The molecule has 0 atom stereocenters. The van der Waals surface area contributed by atoms with Crippen LogP contribution in [0.25, 0.3) is 0 Å². The zero-order valence-electron chi connectivity index (χ0n) is 13.8. The summed E-state index contributed by atoms with van der Waals surface area (Å²) in [4.78, 5) is 16.7. The van der Waals surface area contributed by atoms with Crippen LogP contribution in [0.2, 0.25) is 0 Å². The van der Waals surface area contributed by atoms with Gasteiger partial charge in [0, 0.05) is 6.54 Å². The Morgan fingerprint density at radius 3 is 2.48 bits per heavy atom. The summed E-state index contributed by atoms with van der Waals surface area (Å²) in [5.41, 5.74) is 0. The molecule has 0 aliphatic carbocycles. The lowest BCUT2D eigenvalue weighted by Crippen LogP contribution is -2.36. The van der Waals surface area contributed by atoms with Crippen molar-refractivity contribution in [2.45, 2.75) is 65.2 Å². The molecular formula is C16H32N2O3. The Hall–Kier alpha value is -0.840. The van der Waals surface area contributed by atoms with Gasteiger partial charge in [-0.15, -0.1) is 10.1 Å². The third kappa shape index (κ3) is 9.67. The second-order valence-electron chi connectivity index (χ2n) is 6.73. The minimum atomic E-state index is -0.702. The summed E-state index contributed by atoms with van der Waals surface area (Å²) in [6, 6.07) is 0. The van der Waals surface area contributed by atoms with Crippen molar-refractivity contribution in [2.24, 2.45) is 11.8 Å². The van der Waals surface area contributed by atoms with E-state index in [2.05, 4.69) is 23.6 Å². The molecular weight excluding hydrogens is 268 g/mol. The lowest BCUT2D eigenvalue weighted by atomic mass is 9.91. The Morgan fingerprint density at radius 1 is 1.19 bits per heavy atom. The molecule has 1 saturated heterocycles. The maximum absolute atomic E-state index is 10.1. The van der Waals surface area contributed by atoms with E-state index in [9.17, 15) is 10.1 Å². The van der Waals surface area contributed by atoms with E-state index >= 15 is 0 Å². The van der Waals surface area contributed by atoms with Crippen molar-refractivity contribution in [1.82, 2.24) is 4.90 Å². The van der Waals surface area contributed by atoms with Crippen LogP contribution in [0.15, 0.2) is 0 Å². The lowest BCUT2D eigenvalue weighted by molar-refractivity contribution is -0.757. The third-order valence-corrected chi connectivity index (χ3v) is 4.46. The third-order valence-electron chi connectivity index (χ3n) is 4.46. The van der Waals surface area contributed by atoms with Crippen LogP contribution in [0.5, 0.6) is 0 Å². The van der Waals surface area contributed by atoms with Crippen molar-refractivity contribution in [1.29, 1.82) is 0 Å². The molecule has 1 fully saturated rings. The summed E-state index contributed by atoms with van der Waals surface area (Å²) in [6.07, 6.45) is 10.7. The second-order valence-corrected chi connectivity index (χ2v) is 6.73. The van der Waals surface area contributed by atoms with Gasteiger partial charge in [0.1, 0.15) is 6.61 Å². The first-order chi connectivity index (χ1) is 10.1. The monoisotopic (exact) mass is 300 g/mol. The molecule has 1 aliphatic heterocycles. The van der Waals surface area contributed by atoms with Crippen LogP contribution in [-0.2, 0) is 4.84 Å². The zero-order valence-corrected chi connectivity index (χ0v) is 13.8. The fourth-order valence-corrected chi connectivity index (χ4v) is 3.08. The van der Waals surface area contributed by atoms with Crippen LogP contribution in [-0.4, -0.2) is 36.2 Å². The number of piperidine rings is 1. The van der Waals surface area contributed by atoms with Crippen molar-refractivity contribution >= 4 is 0 Å². The summed E-state index contributed by atoms with van der Waals surface area (Å²) in [6.45, 7) is 7.61. The highest BCUT2D eigenvalue weighted by atomic mass is 16.9. The van der Waals surface area contributed by atoms with Crippen LogP contribution < -0.4 is 0 Å². The van der Waals surface area contributed by atoms with Crippen LogP contribution in [0.3, 0.4) is 0 Å². The first-order valence-electron chi connectivity index (χ1n) is 8.57. The predicted octanol–water partition coefficient (Wildman–Crippen LogP) is 3.90. The number of likely N-dealkylation sites (tertiary alicyclic amines) is 1. The van der Waals surface area contributed by atoms with Crippen molar-refractivity contribution in [3.05, 3.63) is 10.1 Å². The average Bonchev–Trinajstić information content (AvgIpc) is 2.43. The number of unbranched alkanes of at least 4 members (excludes halogenated alkanes) is 3. The molecule has 0 aromatic heterocycles. The second kappa shape index (κ2) is 10.8. The van der Waals surface area contributed by atoms with E-state index in [4.69, 9.17) is 0 Å². The molecule has 1 rings (SSSR count). The van der Waals surface area contributed by atoms with Crippen LogP contribution in [0, 0.1) is 22.0 Å². The maximum Gasteiger partial charge on any atom is 0.294 e. The molecule has 5 heteroatoms. The number of hydrogen-bond donors (Lipinski definition) is 0. The first kappa shape index (κ1) is 18.2. The van der Waals surface area contributed by atoms with Gasteiger partial charge in [0.05, 0.1) is 0 Å². The van der Waals surface area contributed by atoms with Gasteiger partial charge in [-0.25, -0.2) is 0 Å². The normalized spacial score (nSPS) is 17.3. The molecule has 1 heterocycles. The van der Waals surface area contributed by atoms with E-state index in [0.29, 0.717) is 6.54 Å². The average molecular weight is 300 g/mol. The van der Waals surface area contributed by atoms with Gasteiger partial charge in [-0.3, -0.25) is 0 Å². The molecule has 0 spiro atoms. The summed E-state index contributed by atoms with van der Waals surface area (Å²) in [7, 11) is 0. The summed E-state index contributed by atoms with van der Waals surface area (Å²) >= 11 is 0. The quantitative estimate of drug-likeness (QED) is 0.330. The molecule has 124 valence electrons. The van der Waals surface area contributed by atoms with Gasteiger partial charge in [0.25, 0.3) is 5.09 Å². The molecule has 0 aromatic rings. The minimum absolute atomic E-state index is 0.202. The van der Waals surface area contributed by atoms with E-state index in [1.54, 1.807) is 0 Å². The van der Waals surface area contributed by atoms with Crippen molar-refractivity contribution in [2.75, 3.05) is 26.2 Å². The van der Waals surface area contributed by atoms with Gasteiger partial charge in [-0.2, -0.15) is 0 Å². The van der Waals surface area contributed by atoms with Gasteiger partial charge >= 0.3 is 0 Å². The molecule has 21 heavy (non-hydrogen) atoms. The Kier molecular flexibility index (Phi) is 9.39. The van der Waals surface area contributed by atoms with Crippen molar-refractivity contribution in [3.63, 3.8) is 0 Å². The van der Waals surface area contributed by atoms with E-state index in [1.807, 2.05) is 0 Å². The standard InChI is InChI=1S/C16H32N2O3/c1-15(2)7-5-3-4-6-8-16-9-11-17(12-10-16)13-14-21-18(19)20/h15-16H,3-14H2,1-2H3. The Morgan fingerprint density at radius 2 is 1.86 bits per heavy atom. The highest BCUT2D eigenvalue weighted by Gasteiger charge is 2.18. The SMILES string of the molecule is CC(C)CCCCCCC1CCN(CCO[N+](=O)[O-])CC1. The van der Waals surface area contributed by atoms with E-state index in [-0.39, 0.29) is 6.61 Å². The molecule has 0 aromatic carbocycles. The van der Waals surface area contributed by atoms with Crippen molar-refractivity contribution < 1.29 is 9.92 Å². The molecule has 0 unspecified atom stereocenters. The van der Waals surface area contributed by atoms with Crippen molar-refractivity contribution in [3.8, 4) is 0 Å². The molecule has 1 aliphatic rings. The minimum Gasteiger partial charge on any atom is -0.313 e. The van der Waals surface area contributed by atoms with E-state index < -0.39 is 5.09 Å². The van der Waals surface area contributed by atoms with Gasteiger partial charge in [-0.1, -0.05) is 52.4 Å². The molecule has 5 nitrogen and oxygen atoms in total. The number of nitrogens with zero attached hydrogens (tertiary/aromatic N) is 2. The molecule has 0 radical (unpaired) electrons. The summed E-state index contributed by atoms with van der Waals surface area (Å²) in [5.74, 6) is 1.70. The fourth-order valence-electron chi connectivity index (χ4n) is 3.08. The smallest absolute Gasteiger partial charge is 0.294 e. The largest absolute Gasteiger partial charge is 0.313 e. The lowest BCUT2D eigenvalue weighted by Gasteiger charge is -2.31. The molecule has 0 bridgehead atoms. The Bertz CT molecular complexity index is 277. The number of hydrogen-bond acceptors (Lipinski definition) is 4. The zero-order chi connectivity index (χ0) is 15.5. The predicted molar refractivity (Wildman–Crippen MR) is 84.7 cm³/mol. The van der Waals surface area contributed by atoms with Gasteiger partial charge in [0.15, 0.2) is 0 Å². The van der Waals surface area contributed by atoms with Gasteiger partial charge in [-0.05, 0) is 37.8 Å². The van der Waals surface area contributed by atoms with E-state index in [0.717, 1.165) is 24.9 Å². The first-order valence-corrected chi connectivity index (χ1v) is 8.57. The summed E-state index contributed by atoms with van der Waals surface area (Å²) < 4.78 is 0. The van der Waals surface area contributed by atoms with Gasteiger partial charge < -0.3 is 9.74 Å². The molecule has 0 saturated carbocycles. The highest BCUT2D eigenvalue weighted by Crippen LogP contribution is 2.23. The molecule has 0 amide bonds. The number of rotatable bonds is 11. The van der Waals surface area contributed by atoms with Crippen LogP contribution >= 0.6 is 0 Å². The van der Waals surface area contributed by atoms with Gasteiger partial charge in [0.2, 0.25) is 0 Å². The highest BCUT2D eigenvalue weighted by molar-refractivity contribution is 4.72. The summed E-state index contributed by atoms with van der Waals surface area (Å²) in [5, 5.41) is 9.39. The van der Waals surface area contributed by atoms with Crippen LogP contribution in [0.1, 0.15) is 65.2 Å². The topological polar surface area (TPSA) is 55.6 Å². The molecule has 0 N–H and O–H groups in total. The Balaban J connectivity index is 1.94. The van der Waals surface area contributed by atoms with Crippen LogP contribution in [0.4, 0.5) is 0 Å². The van der Waals surface area contributed by atoms with E-state index in [1.165, 1.54) is 51.4 Å².